The number of methoxy groups -OCH3 is 1. The predicted octanol–water partition coefficient (Wildman–Crippen LogP) is 6.80. The summed E-state index contributed by atoms with van der Waals surface area (Å²) < 4.78 is 31.1. The van der Waals surface area contributed by atoms with Crippen LogP contribution in [-0.2, 0) is 11.4 Å². The van der Waals surface area contributed by atoms with Crippen molar-refractivity contribution in [1.82, 2.24) is 4.90 Å². The fourth-order valence-corrected chi connectivity index (χ4v) is 4.75. The summed E-state index contributed by atoms with van der Waals surface area (Å²) in [6.45, 7) is 4.13. The number of hydrogen-bond acceptors (Lipinski definition) is 6. The summed E-state index contributed by atoms with van der Waals surface area (Å²) in [5, 5.41) is -0.106. The van der Waals surface area contributed by atoms with Crippen LogP contribution in [0.5, 0.6) is 17.2 Å². The molecule has 0 atom stereocenters. The lowest BCUT2D eigenvalue weighted by Gasteiger charge is -2.14. The molecule has 1 heterocycles. The molecule has 0 saturated carbocycles. The molecule has 1 saturated heterocycles. The monoisotopic (exact) mass is 541 g/mol. The van der Waals surface area contributed by atoms with Crippen LogP contribution in [0.2, 0.25) is 5.02 Å². The fourth-order valence-electron chi connectivity index (χ4n) is 3.67. The first-order valence-corrected chi connectivity index (χ1v) is 12.7. The van der Waals surface area contributed by atoms with E-state index in [-0.39, 0.29) is 40.5 Å². The van der Waals surface area contributed by atoms with Gasteiger partial charge in [0.2, 0.25) is 0 Å². The molecular formula is C28H25ClFNO5S. The van der Waals surface area contributed by atoms with Gasteiger partial charge in [-0.25, -0.2) is 4.39 Å². The molecule has 0 spiro atoms. The molecule has 1 aliphatic heterocycles. The van der Waals surface area contributed by atoms with Crippen molar-refractivity contribution in [2.45, 2.75) is 20.5 Å². The molecule has 37 heavy (non-hydrogen) atoms. The molecule has 1 aliphatic rings. The number of carbonyl (C=O) groups excluding carboxylic acids is 2. The number of rotatable bonds is 9. The molecule has 3 aromatic rings. The van der Waals surface area contributed by atoms with Crippen molar-refractivity contribution >= 4 is 40.6 Å². The first-order chi connectivity index (χ1) is 17.8. The molecule has 6 nitrogen and oxygen atoms in total. The van der Waals surface area contributed by atoms with Crippen LogP contribution in [0, 0.1) is 19.7 Å². The number of ether oxygens (including phenoxy) is 3. The van der Waals surface area contributed by atoms with E-state index in [0.29, 0.717) is 17.1 Å². The molecule has 0 bridgehead atoms. The van der Waals surface area contributed by atoms with E-state index in [1.165, 1.54) is 24.1 Å². The number of thioether (sulfide) groups is 1. The SMILES string of the molecule is COc1ccc(/C=C2\SC(=O)N(CCOc3cc(C)ccc3C)C2=O)cc1OCc1c(F)cccc1Cl. The summed E-state index contributed by atoms with van der Waals surface area (Å²) in [5.74, 6) is 0.636. The van der Waals surface area contributed by atoms with Gasteiger partial charge in [-0.2, -0.15) is 0 Å². The van der Waals surface area contributed by atoms with Gasteiger partial charge in [0, 0.05) is 5.56 Å². The molecule has 0 unspecified atom stereocenters. The first-order valence-electron chi connectivity index (χ1n) is 11.5. The van der Waals surface area contributed by atoms with Crippen molar-refractivity contribution in [2.24, 2.45) is 0 Å². The van der Waals surface area contributed by atoms with Crippen LogP contribution in [0.15, 0.2) is 59.5 Å². The van der Waals surface area contributed by atoms with Crippen molar-refractivity contribution in [3.8, 4) is 17.2 Å². The third kappa shape index (κ3) is 6.26. The Bertz CT molecular complexity index is 1360. The topological polar surface area (TPSA) is 65.1 Å². The Morgan fingerprint density at radius 3 is 2.57 bits per heavy atom. The van der Waals surface area contributed by atoms with Gasteiger partial charge in [0.05, 0.1) is 23.6 Å². The summed E-state index contributed by atoms with van der Waals surface area (Å²) in [6.07, 6.45) is 1.61. The van der Waals surface area contributed by atoms with Crippen molar-refractivity contribution in [3.05, 3.63) is 92.6 Å². The molecule has 0 aromatic heterocycles. The second kappa shape index (κ2) is 11.7. The highest BCUT2D eigenvalue weighted by atomic mass is 35.5. The minimum absolute atomic E-state index is 0.109. The van der Waals surface area contributed by atoms with Gasteiger partial charge in [-0.3, -0.25) is 14.5 Å². The summed E-state index contributed by atoms with van der Waals surface area (Å²) in [4.78, 5) is 26.9. The average molecular weight is 542 g/mol. The standard InChI is InChI=1S/C28H25ClFNO5S/c1-17-7-8-18(2)24(13-17)35-12-11-31-27(32)26(37-28(31)33)15-19-9-10-23(34-3)25(14-19)36-16-20-21(29)5-4-6-22(20)30/h4-10,13-15H,11-12,16H2,1-3H3/b26-15-. The first kappa shape index (κ1) is 26.6. The third-order valence-corrected chi connectivity index (χ3v) is 6.97. The lowest BCUT2D eigenvalue weighted by atomic mass is 10.1. The molecule has 9 heteroatoms. The maximum atomic E-state index is 14.1. The Morgan fingerprint density at radius 2 is 1.81 bits per heavy atom. The number of imide groups is 1. The van der Waals surface area contributed by atoms with Crippen LogP contribution in [-0.4, -0.2) is 36.3 Å². The number of amides is 2. The van der Waals surface area contributed by atoms with Crippen LogP contribution >= 0.6 is 23.4 Å². The van der Waals surface area contributed by atoms with Crippen LogP contribution in [0.25, 0.3) is 6.08 Å². The molecule has 2 amide bonds. The van der Waals surface area contributed by atoms with Crippen molar-refractivity contribution in [2.75, 3.05) is 20.3 Å². The largest absolute Gasteiger partial charge is 0.493 e. The maximum absolute atomic E-state index is 14.1. The van der Waals surface area contributed by atoms with E-state index in [9.17, 15) is 14.0 Å². The number of benzene rings is 3. The molecule has 192 valence electrons. The second-order valence-electron chi connectivity index (χ2n) is 8.35. The van der Waals surface area contributed by atoms with Crippen molar-refractivity contribution < 1.29 is 28.2 Å². The Kier molecular flexibility index (Phi) is 8.41. The third-order valence-electron chi connectivity index (χ3n) is 5.71. The van der Waals surface area contributed by atoms with Gasteiger partial charge in [-0.05, 0) is 78.7 Å². The number of nitrogens with zero attached hydrogens (tertiary/aromatic N) is 1. The number of hydrogen-bond donors (Lipinski definition) is 0. The smallest absolute Gasteiger partial charge is 0.293 e. The quantitative estimate of drug-likeness (QED) is 0.278. The summed E-state index contributed by atoms with van der Waals surface area (Å²) in [6, 6.07) is 15.4. The van der Waals surface area contributed by atoms with Crippen LogP contribution in [0.3, 0.4) is 0 Å². The van der Waals surface area contributed by atoms with E-state index in [1.807, 2.05) is 32.0 Å². The zero-order valence-corrected chi connectivity index (χ0v) is 22.1. The van der Waals surface area contributed by atoms with E-state index in [0.717, 1.165) is 28.6 Å². The summed E-state index contributed by atoms with van der Waals surface area (Å²) in [7, 11) is 1.49. The minimum Gasteiger partial charge on any atom is -0.493 e. The lowest BCUT2D eigenvalue weighted by molar-refractivity contribution is -0.123. The van der Waals surface area contributed by atoms with Gasteiger partial charge in [0.1, 0.15) is 24.8 Å². The Hall–Kier alpha value is -3.49. The molecule has 0 radical (unpaired) electrons. The molecule has 0 N–H and O–H groups in total. The Morgan fingerprint density at radius 1 is 1.00 bits per heavy atom. The van der Waals surface area contributed by atoms with Gasteiger partial charge >= 0.3 is 0 Å². The van der Waals surface area contributed by atoms with Gasteiger partial charge < -0.3 is 14.2 Å². The average Bonchev–Trinajstić information content (AvgIpc) is 3.13. The zero-order valence-electron chi connectivity index (χ0n) is 20.5. The normalized spacial score (nSPS) is 14.4. The number of carbonyl (C=O) groups is 2. The van der Waals surface area contributed by atoms with Crippen LogP contribution in [0.1, 0.15) is 22.3 Å². The Balaban J connectivity index is 1.45. The fraction of sp³-hybridized carbons (Fsp3) is 0.214. The highest BCUT2D eigenvalue weighted by Gasteiger charge is 2.34. The van der Waals surface area contributed by atoms with E-state index in [2.05, 4.69) is 0 Å². The van der Waals surface area contributed by atoms with Crippen LogP contribution < -0.4 is 14.2 Å². The molecule has 4 rings (SSSR count). The molecular weight excluding hydrogens is 517 g/mol. The molecule has 3 aromatic carbocycles. The van der Waals surface area contributed by atoms with Gasteiger partial charge in [-0.15, -0.1) is 0 Å². The maximum Gasteiger partial charge on any atom is 0.293 e. The van der Waals surface area contributed by atoms with Crippen molar-refractivity contribution in [1.29, 1.82) is 0 Å². The van der Waals surface area contributed by atoms with E-state index < -0.39 is 11.7 Å². The summed E-state index contributed by atoms with van der Waals surface area (Å²) >= 11 is 6.96. The minimum atomic E-state index is -0.474. The van der Waals surface area contributed by atoms with Gasteiger partial charge in [0.25, 0.3) is 11.1 Å². The van der Waals surface area contributed by atoms with Crippen LogP contribution in [0.4, 0.5) is 9.18 Å². The number of aryl methyl sites for hydroxylation is 2. The highest BCUT2D eigenvalue weighted by Crippen LogP contribution is 2.35. The highest BCUT2D eigenvalue weighted by molar-refractivity contribution is 8.18. The Labute approximate surface area is 224 Å². The molecule has 1 fully saturated rings. The van der Waals surface area contributed by atoms with E-state index in [1.54, 1.807) is 30.3 Å². The van der Waals surface area contributed by atoms with E-state index in [4.69, 9.17) is 25.8 Å². The lowest BCUT2D eigenvalue weighted by Crippen LogP contribution is -2.32. The summed E-state index contributed by atoms with van der Waals surface area (Å²) in [5.41, 5.74) is 2.89. The molecule has 0 aliphatic carbocycles. The van der Waals surface area contributed by atoms with Gasteiger partial charge in [-0.1, -0.05) is 35.9 Å². The second-order valence-corrected chi connectivity index (χ2v) is 9.75. The zero-order chi connectivity index (χ0) is 26.5. The van der Waals surface area contributed by atoms with Gasteiger partial charge in [0.15, 0.2) is 11.5 Å². The van der Waals surface area contributed by atoms with Crippen molar-refractivity contribution in [3.63, 3.8) is 0 Å². The van der Waals surface area contributed by atoms with E-state index >= 15 is 0 Å². The number of halogens is 2. The predicted molar refractivity (Wildman–Crippen MR) is 143 cm³/mol.